The van der Waals surface area contributed by atoms with Crippen LogP contribution >= 0.6 is 0 Å². The molecule has 1 amide bonds. The fourth-order valence-corrected chi connectivity index (χ4v) is 3.74. The Morgan fingerprint density at radius 1 is 1.00 bits per heavy atom. The number of fused-ring (bicyclic) bond motifs is 1. The van der Waals surface area contributed by atoms with Crippen molar-refractivity contribution in [2.24, 2.45) is 0 Å². The van der Waals surface area contributed by atoms with Crippen molar-refractivity contribution in [3.63, 3.8) is 0 Å². The Morgan fingerprint density at radius 2 is 1.74 bits per heavy atom. The highest BCUT2D eigenvalue weighted by molar-refractivity contribution is 5.81. The van der Waals surface area contributed by atoms with Crippen LogP contribution in [0, 0.1) is 5.82 Å². The van der Waals surface area contributed by atoms with Gasteiger partial charge in [-0.05, 0) is 48.4 Å². The average Bonchev–Trinajstić information content (AvgIpc) is 2.86. The van der Waals surface area contributed by atoms with E-state index in [0.29, 0.717) is 35.4 Å². The quantitative estimate of drug-likeness (QED) is 0.434. The largest absolute Gasteiger partial charge is 0.493 e. The molecular weight excluding hydrogens is 437 g/mol. The van der Waals surface area contributed by atoms with Gasteiger partial charge in [0.15, 0.2) is 11.5 Å². The molecule has 3 aromatic carbocycles. The van der Waals surface area contributed by atoms with E-state index in [1.807, 2.05) is 12.1 Å². The second-order valence-electron chi connectivity index (χ2n) is 7.61. The molecule has 0 fully saturated rings. The van der Waals surface area contributed by atoms with E-state index in [9.17, 15) is 14.0 Å². The lowest BCUT2D eigenvalue weighted by Gasteiger charge is -2.14. The molecule has 0 unspecified atom stereocenters. The summed E-state index contributed by atoms with van der Waals surface area (Å²) in [6.07, 6.45) is 0.553. The van der Waals surface area contributed by atoms with E-state index >= 15 is 0 Å². The van der Waals surface area contributed by atoms with E-state index in [-0.39, 0.29) is 23.8 Å². The Labute approximate surface area is 195 Å². The van der Waals surface area contributed by atoms with Gasteiger partial charge in [-0.1, -0.05) is 30.3 Å². The first kappa shape index (κ1) is 23.0. The van der Waals surface area contributed by atoms with E-state index in [4.69, 9.17) is 9.47 Å². The van der Waals surface area contributed by atoms with Gasteiger partial charge in [0, 0.05) is 6.54 Å². The lowest BCUT2D eigenvalue weighted by atomic mass is 10.1. The molecule has 174 valence electrons. The van der Waals surface area contributed by atoms with Crippen LogP contribution in [-0.4, -0.2) is 36.2 Å². The Balaban J connectivity index is 1.56. The number of benzene rings is 3. The third-order valence-electron chi connectivity index (χ3n) is 5.46. The zero-order valence-corrected chi connectivity index (χ0v) is 18.9. The van der Waals surface area contributed by atoms with Crippen molar-refractivity contribution < 1.29 is 18.7 Å². The Kier molecular flexibility index (Phi) is 6.87. The average molecular weight is 461 g/mol. The summed E-state index contributed by atoms with van der Waals surface area (Å²) in [5.74, 6) is 0.440. The zero-order chi connectivity index (χ0) is 24.1. The fourth-order valence-electron chi connectivity index (χ4n) is 3.74. The minimum atomic E-state index is -0.521. The van der Waals surface area contributed by atoms with Crippen LogP contribution in [0.15, 0.2) is 71.5 Å². The van der Waals surface area contributed by atoms with Gasteiger partial charge in [0.05, 0.1) is 30.7 Å². The monoisotopic (exact) mass is 461 g/mol. The molecule has 1 aromatic heterocycles. The van der Waals surface area contributed by atoms with Crippen LogP contribution in [0.1, 0.15) is 5.56 Å². The smallest absolute Gasteiger partial charge is 0.262 e. The van der Waals surface area contributed by atoms with E-state index < -0.39 is 11.4 Å². The van der Waals surface area contributed by atoms with Crippen molar-refractivity contribution in [3.8, 4) is 22.9 Å². The number of amides is 1. The molecule has 7 nitrogen and oxygen atoms in total. The number of carbonyl (C=O) groups is 1. The standard InChI is InChI=1S/C26H24FN3O4/c1-33-22-12-11-17(15-23(22)34-2)13-14-28-24(31)16-30-25(18-7-3-5-9-20(18)27)29-21-10-6-4-8-19(21)26(30)32/h3-12,15H,13-14,16H2,1-2H3,(H,28,31). The molecule has 0 spiro atoms. The van der Waals surface area contributed by atoms with Crippen LogP contribution in [0.5, 0.6) is 11.5 Å². The minimum Gasteiger partial charge on any atom is -0.493 e. The van der Waals surface area contributed by atoms with Gasteiger partial charge in [-0.15, -0.1) is 0 Å². The number of aromatic nitrogens is 2. The van der Waals surface area contributed by atoms with Gasteiger partial charge in [0.2, 0.25) is 5.91 Å². The van der Waals surface area contributed by atoms with E-state index in [0.717, 1.165) is 5.56 Å². The summed E-state index contributed by atoms with van der Waals surface area (Å²) in [6.45, 7) is 0.0609. The Morgan fingerprint density at radius 3 is 2.50 bits per heavy atom. The molecule has 0 bridgehead atoms. The lowest BCUT2D eigenvalue weighted by molar-refractivity contribution is -0.121. The molecule has 8 heteroatoms. The third kappa shape index (κ3) is 4.76. The molecule has 4 rings (SSSR count). The zero-order valence-electron chi connectivity index (χ0n) is 18.9. The first-order chi connectivity index (χ1) is 16.5. The summed E-state index contributed by atoms with van der Waals surface area (Å²) in [7, 11) is 3.13. The first-order valence-electron chi connectivity index (χ1n) is 10.7. The third-order valence-corrected chi connectivity index (χ3v) is 5.46. The highest BCUT2D eigenvalue weighted by atomic mass is 19.1. The van der Waals surface area contributed by atoms with Crippen molar-refractivity contribution in [2.45, 2.75) is 13.0 Å². The van der Waals surface area contributed by atoms with Crippen molar-refractivity contribution in [1.82, 2.24) is 14.9 Å². The van der Waals surface area contributed by atoms with Gasteiger partial charge in [-0.2, -0.15) is 0 Å². The van der Waals surface area contributed by atoms with Crippen molar-refractivity contribution in [1.29, 1.82) is 0 Å². The fraction of sp³-hybridized carbons (Fsp3) is 0.192. The highest BCUT2D eigenvalue weighted by Crippen LogP contribution is 2.27. The van der Waals surface area contributed by atoms with Gasteiger partial charge < -0.3 is 14.8 Å². The summed E-state index contributed by atoms with van der Waals surface area (Å²) in [4.78, 5) is 30.4. The lowest BCUT2D eigenvalue weighted by Crippen LogP contribution is -2.34. The maximum atomic E-state index is 14.6. The molecule has 0 aliphatic carbocycles. The number of hydrogen-bond acceptors (Lipinski definition) is 5. The molecule has 0 saturated carbocycles. The first-order valence-corrected chi connectivity index (χ1v) is 10.7. The molecule has 1 heterocycles. The van der Waals surface area contributed by atoms with Gasteiger partial charge in [-0.3, -0.25) is 14.2 Å². The van der Waals surface area contributed by atoms with Crippen molar-refractivity contribution in [2.75, 3.05) is 20.8 Å². The van der Waals surface area contributed by atoms with Gasteiger partial charge in [0.25, 0.3) is 5.56 Å². The Bertz CT molecular complexity index is 1400. The molecule has 0 aliphatic heterocycles. The predicted octanol–water partition coefficient (Wildman–Crippen LogP) is 3.58. The normalized spacial score (nSPS) is 10.8. The number of carbonyl (C=O) groups excluding carboxylic acids is 1. The topological polar surface area (TPSA) is 82.5 Å². The SMILES string of the molecule is COc1ccc(CCNC(=O)Cn2c(-c3ccccc3F)nc3ccccc3c2=O)cc1OC. The van der Waals surface area contributed by atoms with Crippen LogP contribution in [0.25, 0.3) is 22.3 Å². The van der Waals surface area contributed by atoms with Crippen LogP contribution in [0.4, 0.5) is 4.39 Å². The number of rotatable bonds is 8. The van der Waals surface area contributed by atoms with Crippen LogP contribution in [0.2, 0.25) is 0 Å². The van der Waals surface area contributed by atoms with Crippen molar-refractivity contribution in [3.05, 3.63) is 88.5 Å². The maximum Gasteiger partial charge on any atom is 0.262 e. The van der Waals surface area contributed by atoms with E-state index in [1.54, 1.807) is 56.7 Å². The number of nitrogens with one attached hydrogen (secondary N) is 1. The second kappa shape index (κ2) is 10.2. The summed E-state index contributed by atoms with van der Waals surface area (Å²) in [5.41, 5.74) is 1.15. The minimum absolute atomic E-state index is 0.108. The molecule has 4 aromatic rings. The summed E-state index contributed by atoms with van der Waals surface area (Å²) >= 11 is 0. The molecule has 0 radical (unpaired) electrons. The number of nitrogens with zero attached hydrogens (tertiary/aromatic N) is 2. The number of methoxy groups -OCH3 is 2. The number of ether oxygens (including phenoxy) is 2. The van der Waals surface area contributed by atoms with E-state index in [2.05, 4.69) is 10.3 Å². The summed E-state index contributed by atoms with van der Waals surface area (Å²) in [6, 6.07) is 18.4. The summed E-state index contributed by atoms with van der Waals surface area (Å²) < 4.78 is 26.3. The Hall–Kier alpha value is -4.20. The van der Waals surface area contributed by atoms with Crippen LogP contribution < -0.4 is 20.3 Å². The van der Waals surface area contributed by atoms with E-state index in [1.165, 1.54) is 16.7 Å². The molecule has 0 aliphatic rings. The van der Waals surface area contributed by atoms with Gasteiger partial charge in [-0.25, -0.2) is 9.37 Å². The predicted molar refractivity (Wildman–Crippen MR) is 128 cm³/mol. The number of halogens is 1. The summed E-state index contributed by atoms with van der Waals surface area (Å²) in [5, 5.41) is 3.18. The molecule has 0 saturated heterocycles. The second-order valence-corrected chi connectivity index (χ2v) is 7.61. The molecule has 0 atom stereocenters. The highest BCUT2D eigenvalue weighted by Gasteiger charge is 2.17. The number of hydrogen-bond donors (Lipinski definition) is 1. The molecular formula is C26H24FN3O4. The van der Waals surface area contributed by atoms with Crippen LogP contribution in [-0.2, 0) is 17.8 Å². The van der Waals surface area contributed by atoms with Crippen molar-refractivity contribution >= 4 is 16.8 Å². The van der Waals surface area contributed by atoms with Gasteiger partial charge >= 0.3 is 0 Å². The molecule has 1 N–H and O–H groups in total. The molecule has 34 heavy (non-hydrogen) atoms. The van der Waals surface area contributed by atoms with Gasteiger partial charge in [0.1, 0.15) is 18.2 Å². The van der Waals surface area contributed by atoms with Crippen LogP contribution in [0.3, 0.4) is 0 Å². The number of para-hydroxylation sites is 1. The maximum absolute atomic E-state index is 14.6.